The van der Waals surface area contributed by atoms with Crippen molar-refractivity contribution in [2.45, 2.75) is 64.0 Å². The largest absolute Gasteiger partial charge is 0.387 e. The van der Waals surface area contributed by atoms with E-state index in [0.717, 1.165) is 30.5 Å². The van der Waals surface area contributed by atoms with Gasteiger partial charge in [0.15, 0.2) is 0 Å². The van der Waals surface area contributed by atoms with E-state index in [2.05, 4.69) is 36.1 Å². The fourth-order valence-corrected chi connectivity index (χ4v) is 4.31. The van der Waals surface area contributed by atoms with Crippen LogP contribution in [0.3, 0.4) is 0 Å². The van der Waals surface area contributed by atoms with E-state index in [1.807, 2.05) is 0 Å². The minimum absolute atomic E-state index is 0.333. The maximum Gasteiger partial charge on any atom is 0.0917 e. The van der Waals surface area contributed by atoms with E-state index in [1.165, 1.54) is 50.6 Å². The Labute approximate surface area is 129 Å². The lowest BCUT2D eigenvalue weighted by molar-refractivity contribution is 0.0506. The van der Waals surface area contributed by atoms with Crippen LogP contribution in [0.4, 0.5) is 0 Å². The second-order valence-corrected chi connectivity index (χ2v) is 6.90. The number of piperidine rings is 1. The number of aryl methyl sites for hydroxylation is 1. The van der Waals surface area contributed by atoms with E-state index in [1.54, 1.807) is 0 Å². The molecule has 1 saturated heterocycles. The smallest absolute Gasteiger partial charge is 0.0917 e. The summed E-state index contributed by atoms with van der Waals surface area (Å²) in [6.45, 7) is 4.19. The summed E-state index contributed by atoms with van der Waals surface area (Å²) in [6.07, 6.45) is 8.82. The first-order valence-electron chi connectivity index (χ1n) is 8.79. The maximum absolute atomic E-state index is 10.6. The number of nitrogens with zero attached hydrogens (tertiary/aromatic N) is 1. The molecule has 0 spiro atoms. The highest BCUT2D eigenvalue weighted by molar-refractivity contribution is 5.24. The van der Waals surface area contributed by atoms with Gasteiger partial charge in [-0.1, -0.05) is 44.0 Å². The van der Waals surface area contributed by atoms with Gasteiger partial charge in [-0.25, -0.2) is 0 Å². The van der Waals surface area contributed by atoms with E-state index in [4.69, 9.17) is 0 Å². The highest BCUT2D eigenvalue weighted by Crippen LogP contribution is 2.37. The minimum atomic E-state index is -0.333. The molecule has 1 aromatic rings. The molecule has 3 atom stereocenters. The fourth-order valence-electron chi connectivity index (χ4n) is 4.31. The van der Waals surface area contributed by atoms with E-state index in [9.17, 15) is 5.11 Å². The van der Waals surface area contributed by atoms with Crippen LogP contribution in [0, 0.1) is 5.92 Å². The Morgan fingerprint density at radius 3 is 2.67 bits per heavy atom. The Balaban J connectivity index is 1.61. The third-order valence-electron chi connectivity index (χ3n) is 5.42. The van der Waals surface area contributed by atoms with Crippen LogP contribution in [0.2, 0.25) is 0 Å². The first kappa shape index (κ1) is 15.1. The Morgan fingerprint density at radius 2 is 1.90 bits per heavy atom. The first-order valence-corrected chi connectivity index (χ1v) is 8.79. The molecule has 116 valence electrons. The zero-order valence-electron chi connectivity index (χ0n) is 13.3. The highest BCUT2D eigenvalue weighted by Gasteiger charge is 2.35. The molecule has 2 fully saturated rings. The second-order valence-electron chi connectivity index (χ2n) is 6.90. The summed E-state index contributed by atoms with van der Waals surface area (Å²) in [6, 6.07) is 9.33. The predicted molar refractivity (Wildman–Crippen MR) is 87.3 cm³/mol. The number of β-amino-alcohol motifs (C(OH)–C–C–N with tert-alkyl or cyclic N) is 1. The van der Waals surface area contributed by atoms with Crippen LogP contribution in [0.15, 0.2) is 24.3 Å². The van der Waals surface area contributed by atoms with Crippen LogP contribution in [0.5, 0.6) is 0 Å². The van der Waals surface area contributed by atoms with Crippen molar-refractivity contribution in [1.82, 2.24) is 4.90 Å². The standard InChI is InChI=1S/C19H29NO/c1-2-5-15-9-11-17(12-10-15)19(21)14-20-13-4-7-16-6-3-8-18(16)20/h9-12,16,18-19,21H,2-8,13-14H2,1H3. The molecule has 0 aromatic heterocycles. The van der Waals surface area contributed by atoms with Crippen LogP contribution in [0.1, 0.15) is 62.7 Å². The van der Waals surface area contributed by atoms with Crippen LogP contribution in [0.25, 0.3) is 0 Å². The van der Waals surface area contributed by atoms with E-state index >= 15 is 0 Å². The number of hydrogen-bond acceptors (Lipinski definition) is 2. The molecular formula is C19H29NO. The van der Waals surface area contributed by atoms with Crippen molar-refractivity contribution in [1.29, 1.82) is 0 Å². The molecule has 2 nitrogen and oxygen atoms in total. The SMILES string of the molecule is CCCc1ccc(C(O)CN2CCCC3CCCC32)cc1. The molecule has 1 aliphatic carbocycles. The van der Waals surface area contributed by atoms with Gasteiger partial charge in [0.2, 0.25) is 0 Å². The molecule has 2 aliphatic rings. The number of benzene rings is 1. The normalized spacial score (nSPS) is 27.5. The molecule has 1 aliphatic heterocycles. The van der Waals surface area contributed by atoms with E-state index < -0.39 is 0 Å². The van der Waals surface area contributed by atoms with Gasteiger partial charge in [0, 0.05) is 12.6 Å². The summed E-state index contributed by atoms with van der Waals surface area (Å²) in [5.74, 6) is 0.901. The highest BCUT2D eigenvalue weighted by atomic mass is 16.3. The zero-order valence-corrected chi connectivity index (χ0v) is 13.3. The number of rotatable bonds is 5. The molecule has 3 unspecified atom stereocenters. The van der Waals surface area contributed by atoms with Crippen LogP contribution in [-0.2, 0) is 6.42 Å². The summed E-state index contributed by atoms with van der Waals surface area (Å²) >= 11 is 0. The summed E-state index contributed by atoms with van der Waals surface area (Å²) < 4.78 is 0. The number of aliphatic hydroxyl groups excluding tert-OH is 1. The van der Waals surface area contributed by atoms with Gasteiger partial charge < -0.3 is 5.11 Å². The summed E-state index contributed by atoms with van der Waals surface area (Å²) in [4.78, 5) is 2.56. The molecule has 1 saturated carbocycles. The van der Waals surface area contributed by atoms with Gasteiger partial charge in [-0.3, -0.25) is 4.90 Å². The zero-order chi connectivity index (χ0) is 14.7. The number of likely N-dealkylation sites (tertiary alicyclic amines) is 1. The molecule has 1 N–H and O–H groups in total. The molecule has 0 radical (unpaired) electrons. The summed E-state index contributed by atoms with van der Waals surface area (Å²) in [5, 5.41) is 10.6. The Hall–Kier alpha value is -0.860. The first-order chi connectivity index (χ1) is 10.3. The van der Waals surface area contributed by atoms with Crippen molar-refractivity contribution >= 4 is 0 Å². The van der Waals surface area contributed by atoms with Gasteiger partial charge in [0.1, 0.15) is 0 Å². The molecule has 1 aromatic carbocycles. The predicted octanol–water partition coefficient (Wildman–Crippen LogP) is 3.94. The van der Waals surface area contributed by atoms with Crippen molar-refractivity contribution in [3.05, 3.63) is 35.4 Å². The van der Waals surface area contributed by atoms with Gasteiger partial charge in [-0.05, 0) is 55.7 Å². The van der Waals surface area contributed by atoms with Crippen LogP contribution >= 0.6 is 0 Å². The summed E-state index contributed by atoms with van der Waals surface area (Å²) in [7, 11) is 0. The lowest BCUT2D eigenvalue weighted by atomic mass is 9.91. The Morgan fingerprint density at radius 1 is 1.14 bits per heavy atom. The van der Waals surface area contributed by atoms with Gasteiger partial charge in [0.25, 0.3) is 0 Å². The molecule has 3 rings (SSSR count). The molecule has 21 heavy (non-hydrogen) atoms. The van der Waals surface area contributed by atoms with Crippen molar-refractivity contribution in [3.63, 3.8) is 0 Å². The van der Waals surface area contributed by atoms with Gasteiger partial charge in [-0.2, -0.15) is 0 Å². The molecule has 1 heterocycles. The van der Waals surface area contributed by atoms with Crippen molar-refractivity contribution in [2.24, 2.45) is 5.92 Å². The minimum Gasteiger partial charge on any atom is -0.387 e. The van der Waals surface area contributed by atoms with Gasteiger partial charge in [-0.15, -0.1) is 0 Å². The van der Waals surface area contributed by atoms with Crippen molar-refractivity contribution in [3.8, 4) is 0 Å². The molecule has 2 heteroatoms. The van der Waals surface area contributed by atoms with Crippen LogP contribution < -0.4 is 0 Å². The lowest BCUT2D eigenvalue weighted by Gasteiger charge is -2.38. The fraction of sp³-hybridized carbons (Fsp3) is 0.684. The Bertz CT molecular complexity index is 441. The summed E-state index contributed by atoms with van der Waals surface area (Å²) in [5.41, 5.74) is 2.46. The maximum atomic E-state index is 10.6. The topological polar surface area (TPSA) is 23.5 Å². The molecular weight excluding hydrogens is 258 g/mol. The van der Waals surface area contributed by atoms with Crippen molar-refractivity contribution < 1.29 is 5.11 Å². The monoisotopic (exact) mass is 287 g/mol. The molecule has 0 bridgehead atoms. The average Bonchev–Trinajstić information content (AvgIpc) is 2.98. The van der Waals surface area contributed by atoms with Gasteiger partial charge in [0.05, 0.1) is 6.10 Å². The van der Waals surface area contributed by atoms with Gasteiger partial charge >= 0.3 is 0 Å². The Kier molecular flexibility index (Phi) is 4.97. The van der Waals surface area contributed by atoms with E-state index in [-0.39, 0.29) is 6.10 Å². The quantitative estimate of drug-likeness (QED) is 0.886. The lowest BCUT2D eigenvalue weighted by Crippen LogP contribution is -2.44. The third kappa shape index (κ3) is 3.49. The second kappa shape index (κ2) is 6.93. The van der Waals surface area contributed by atoms with Crippen LogP contribution in [-0.4, -0.2) is 29.1 Å². The number of hydrogen-bond donors (Lipinski definition) is 1. The average molecular weight is 287 g/mol. The molecule has 0 amide bonds. The van der Waals surface area contributed by atoms with E-state index in [0.29, 0.717) is 0 Å². The number of fused-ring (bicyclic) bond motifs is 1. The third-order valence-corrected chi connectivity index (χ3v) is 5.42. The number of aliphatic hydroxyl groups is 1. The van der Waals surface area contributed by atoms with Crippen molar-refractivity contribution in [2.75, 3.05) is 13.1 Å².